The van der Waals surface area contributed by atoms with Crippen LogP contribution in [0.3, 0.4) is 0 Å². The van der Waals surface area contributed by atoms with Crippen LogP contribution in [0.1, 0.15) is 20.8 Å². The maximum absolute atomic E-state index is 11.9. The lowest BCUT2D eigenvalue weighted by Gasteiger charge is -2.44. The first-order valence-electron chi connectivity index (χ1n) is 5.11. The van der Waals surface area contributed by atoms with Crippen molar-refractivity contribution in [1.82, 2.24) is 9.80 Å². The molecule has 0 aromatic carbocycles. The Morgan fingerprint density at radius 2 is 2.00 bits per heavy atom. The summed E-state index contributed by atoms with van der Waals surface area (Å²) in [5, 5.41) is 0. The van der Waals surface area contributed by atoms with Gasteiger partial charge in [-0.1, -0.05) is 6.08 Å². The SMILES string of the molecule is C/C=C/C(=O)N1CCN(C)C(=O)C1(C)C. The minimum Gasteiger partial charge on any atom is -0.342 e. The molecule has 84 valence electrons. The van der Waals surface area contributed by atoms with Crippen molar-refractivity contribution in [3.05, 3.63) is 12.2 Å². The van der Waals surface area contributed by atoms with Gasteiger partial charge in [0.25, 0.3) is 0 Å². The normalized spacial score (nSPS) is 21.2. The highest BCUT2D eigenvalue weighted by molar-refractivity contribution is 5.95. The van der Waals surface area contributed by atoms with Crippen molar-refractivity contribution in [2.24, 2.45) is 0 Å². The molecule has 0 aromatic heterocycles. The fourth-order valence-corrected chi connectivity index (χ4v) is 1.83. The van der Waals surface area contributed by atoms with Gasteiger partial charge in [0, 0.05) is 20.1 Å². The molecule has 0 N–H and O–H groups in total. The van der Waals surface area contributed by atoms with Crippen LogP contribution in [0.15, 0.2) is 12.2 Å². The maximum Gasteiger partial charge on any atom is 0.247 e. The van der Waals surface area contributed by atoms with Gasteiger partial charge in [-0.15, -0.1) is 0 Å². The lowest BCUT2D eigenvalue weighted by molar-refractivity contribution is -0.154. The van der Waals surface area contributed by atoms with Gasteiger partial charge in [0.2, 0.25) is 11.8 Å². The number of allylic oxidation sites excluding steroid dienone is 1. The topological polar surface area (TPSA) is 40.6 Å². The molecule has 1 fully saturated rings. The fourth-order valence-electron chi connectivity index (χ4n) is 1.83. The van der Waals surface area contributed by atoms with Gasteiger partial charge in [0.15, 0.2) is 0 Å². The van der Waals surface area contributed by atoms with Crippen molar-refractivity contribution in [2.45, 2.75) is 26.3 Å². The largest absolute Gasteiger partial charge is 0.342 e. The fraction of sp³-hybridized carbons (Fsp3) is 0.636. The van der Waals surface area contributed by atoms with Gasteiger partial charge in [-0.3, -0.25) is 9.59 Å². The summed E-state index contributed by atoms with van der Waals surface area (Å²) < 4.78 is 0. The molecular formula is C11H18N2O2. The minimum absolute atomic E-state index is 0.00777. The molecular weight excluding hydrogens is 192 g/mol. The second-order valence-corrected chi connectivity index (χ2v) is 4.28. The zero-order valence-corrected chi connectivity index (χ0v) is 9.78. The molecule has 0 unspecified atom stereocenters. The number of amides is 2. The van der Waals surface area contributed by atoms with E-state index < -0.39 is 5.54 Å². The van der Waals surface area contributed by atoms with Crippen molar-refractivity contribution in [1.29, 1.82) is 0 Å². The average molecular weight is 210 g/mol. The number of piperazine rings is 1. The Morgan fingerprint density at radius 3 is 2.53 bits per heavy atom. The quantitative estimate of drug-likeness (QED) is 0.596. The van der Waals surface area contributed by atoms with Crippen LogP contribution in [0.2, 0.25) is 0 Å². The molecule has 4 heteroatoms. The molecule has 0 saturated carbocycles. The molecule has 0 aromatic rings. The van der Waals surface area contributed by atoms with Gasteiger partial charge in [0.1, 0.15) is 5.54 Å². The van der Waals surface area contributed by atoms with Crippen molar-refractivity contribution in [3.63, 3.8) is 0 Å². The third-order valence-electron chi connectivity index (χ3n) is 2.78. The summed E-state index contributed by atoms with van der Waals surface area (Å²) >= 11 is 0. The summed E-state index contributed by atoms with van der Waals surface area (Å²) in [7, 11) is 1.77. The third kappa shape index (κ3) is 2.03. The second-order valence-electron chi connectivity index (χ2n) is 4.28. The predicted molar refractivity (Wildman–Crippen MR) is 58.2 cm³/mol. The lowest BCUT2D eigenvalue weighted by Crippen LogP contribution is -2.63. The van der Waals surface area contributed by atoms with Crippen LogP contribution in [0.25, 0.3) is 0 Å². The van der Waals surface area contributed by atoms with Gasteiger partial charge in [0.05, 0.1) is 0 Å². The Kier molecular flexibility index (Phi) is 3.17. The molecule has 1 rings (SSSR count). The molecule has 1 aliphatic rings. The first-order chi connectivity index (χ1) is 6.91. The molecule has 0 radical (unpaired) electrons. The number of rotatable bonds is 1. The van der Waals surface area contributed by atoms with Crippen molar-refractivity contribution in [3.8, 4) is 0 Å². The zero-order valence-electron chi connectivity index (χ0n) is 9.78. The molecule has 0 atom stereocenters. The average Bonchev–Trinajstić information content (AvgIpc) is 2.14. The summed E-state index contributed by atoms with van der Waals surface area (Å²) in [5.74, 6) is -0.101. The van der Waals surface area contributed by atoms with E-state index in [0.717, 1.165) is 0 Å². The first kappa shape index (κ1) is 11.8. The summed E-state index contributed by atoms with van der Waals surface area (Å²) in [4.78, 5) is 26.9. The van der Waals surface area contributed by atoms with E-state index in [2.05, 4.69) is 0 Å². The molecule has 1 aliphatic heterocycles. The van der Waals surface area contributed by atoms with Crippen LogP contribution < -0.4 is 0 Å². The number of likely N-dealkylation sites (N-methyl/N-ethyl adjacent to an activating group) is 1. The number of carbonyl (C=O) groups excluding carboxylic acids is 2. The standard InChI is InChI=1S/C11H18N2O2/c1-5-6-9(14)13-8-7-12(4)10(15)11(13,2)3/h5-6H,7-8H2,1-4H3/b6-5+. The molecule has 0 spiro atoms. The number of hydrogen-bond donors (Lipinski definition) is 0. The summed E-state index contributed by atoms with van der Waals surface area (Å²) in [6.07, 6.45) is 3.20. The smallest absolute Gasteiger partial charge is 0.247 e. The minimum atomic E-state index is -0.733. The van der Waals surface area contributed by atoms with E-state index in [9.17, 15) is 9.59 Å². The Labute approximate surface area is 90.5 Å². The molecule has 4 nitrogen and oxygen atoms in total. The van der Waals surface area contributed by atoms with Crippen LogP contribution >= 0.6 is 0 Å². The van der Waals surface area contributed by atoms with Crippen molar-refractivity contribution >= 4 is 11.8 Å². The Balaban J connectivity index is 2.92. The van der Waals surface area contributed by atoms with Crippen LogP contribution in [-0.2, 0) is 9.59 Å². The number of hydrogen-bond acceptors (Lipinski definition) is 2. The van der Waals surface area contributed by atoms with Gasteiger partial charge in [-0.05, 0) is 26.8 Å². The zero-order chi connectivity index (χ0) is 11.6. The Morgan fingerprint density at radius 1 is 1.40 bits per heavy atom. The van der Waals surface area contributed by atoms with E-state index in [4.69, 9.17) is 0 Å². The Bertz CT molecular complexity index is 308. The van der Waals surface area contributed by atoms with Crippen molar-refractivity contribution < 1.29 is 9.59 Å². The number of nitrogens with zero attached hydrogens (tertiary/aromatic N) is 2. The summed E-state index contributed by atoms with van der Waals surface area (Å²) in [5.41, 5.74) is -0.733. The molecule has 0 aliphatic carbocycles. The van der Waals surface area contributed by atoms with Gasteiger partial charge in [-0.2, -0.15) is 0 Å². The monoisotopic (exact) mass is 210 g/mol. The molecule has 1 heterocycles. The predicted octanol–water partition coefficient (Wildman–Crippen LogP) is 0.642. The van der Waals surface area contributed by atoms with Gasteiger partial charge < -0.3 is 9.80 Å². The molecule has 15 heavy (non-hydrogen) atoms. The summed E-state index contributed by atoms with van der Waals surface area (Å²) in [6.45, 7) is 6.56. The highest BCUT2D eigenvalue weighted by Crippen LogP contribution is 2.21. The highest BCUT2D eigenvalue weighted by atomic mass is 16.2. The van der Waals surface area contributed by atoms with E-state index in [0.29, 0.717) is 13.1 Å². The van der Waals surface area contributed by atoms with Crippen LogP contribution in [0, 0.1) is 0 Å². The molecule has 0 bridgehead atoms. The van der Waals surface area contributed by atoms with E-state index in [1.807, 2.05) is 0 Å². The molecule has 2 amide bonds. The van der Waals surface area contributed by atoms with Crippen LogP contribution in [0.4, 0.5) is 0 Å². The van der Waals surface area contributed by atoms with E-state index in [1.54, 1.807) is 43.7 Å². The van der Waals surface area contributed by atoms with Crippen molar-refractivity contribution in [2.75, 3.05) is 20.1 Å². The number of carbonyl (C=O) groups is 2. The highest BCUT2D eigenvalue weighted by Gasteiger charge is 2.42. The first-order valence-corrected chi connectivity index (χ1v) is 5.11. The van der Waals surface area contributed by atoms with E-state index in [-0.39, 0.29) is 11.8 Å². The second kappa shape index (κ2) is 4.04. The Hall–Kier alpha value is -1.32. The van der Waals surface area contributed by atoms with Crippen LogP contribution in [-0.4, -0.2) is 47.3 Å². The van der Waals surface area contributed by atoms with Crippen LogP contribution in [0.5, 0.6) is 0 Å². The third-order valence-corrected chi connectivity index (χ3v) is 2.78. The maximum atomic E-state index is 11.9. The lowest BCUT2D eigenvalue weighted by atomic mass is 9.97. The van der Waals surface area contributed by atoms with E-state index >= 15 is 0 Å². The van der Waals surface area contributed by atoms with Gasteiger partial charge >= 0.3 is 0 Å². The van der Waals surface area contributed by atoms with Gasteiger partial charge in [-0.25, -0.2) is 0 Å². The summed E-state index contributed by atoms with van der Waals surface area (Å²) in [6, 6.07) is 0. The van der Waals surface area contributed by atoms with E-state index in [1.165, 1.54) is 6.08 Å². The molecule has 1 saturated heterocycles.